The molecule has 192 valence electrons. The quantitative estimate of drug-likeness (QED) is 0.418. The number of carbonyl (C=O) groups excluding carboxylic acids is 2. The maximum Gasteiger partial charge on any atom is 0.244 e. The summed E-state index contributed by atoms with van der Waals surface area (Å²) < 4.78 is 26.2. The number of sulfonamides is 1. The number of amides is 2. The van der Waals surface area contributed by atoms with E-state index in [1.54, 1.807) is 31.2 Å². The zero-order chi connectivity index (χ0) is 26.3. The number of nitrogens with one attached hydrogen (secondary N) is 1. The molecule has 35 heavy (non-hydrogen) atoms. The summed E-state index contributed by atoms with van der Waals surface area (Å²) in [4.78, 5) is 28.0. The van der Waals surface area contributed by atoms with E-state index in [2.05, 4.69) is 5.32 Å². The van der Waals surface area contributed by atoms with Gasteiger partial charge in [-0.1, -0.05) is 67.7 Å². The zero-order valence-electron chi connectivity index (χ0n) is 20.1. The molecule has 0 spiro atoms. The molecular formula is C24H30Cl3N3O4S. The molecule has 0 aliphatic carbocycles. The largest absolute Gasteiger partial charge is 0.354 e. The summed E-state index contributed by atoms with van der Waals surface area (Å²) in [5, 5.41) is 3.82. The van der Waals surface area contributed by atoms with Crippen LogP contribution >= 0.6 is 34.8 Å². The van der Waals surface area contributed by atoms with Gasteiger partial charge in [0, 0.05) is 23.1 Å². The molecule has 0 aromatic heterocycles. The van der Waals surface area contributed by atoms with Crippen molar-refractivity contribution in [3.8, 4) is 0 Å². The molecule has 2 rings (SSSR count). The standard InChI is InChI=1S/C24H30Cl3N3O4S/c1-5-21(24(32)28-13-16(2)3)29(14-17-6-8-18(25)9-7-17)23(31)15-30(35(4,33)34)22-11-10-19(26)12-20(22)27/h6-12,16,21H,5,13-15H2,1-4H3,(H,28,32)/t21-/m0/s1. The van der Waals surface area contributed by atoms with Crippen LogP contribution in [0.4, 0.5) is 5.69 Å². The van der Waals surface area contributed by atoms with Gasteiger partial charge in [-0.25, -0.2) is 8.42 Å². The lowest BCUT2D eigenvalue weighted by molar-refractivity contribution is -0.140. The van der Waals surface area contributed by atoms with Crippen LogP contribution in [-0.4, -0.2) is 50.5 Å². The summed E-state index contributed by atoms with van der Waals surface area (Å²) in [5.41, 5.74) is 0.865. The smallest absolute Gasteiger partial charge is 0.244 e. The summed E-state index contributed by atoms with van der Waals surface area (Å²) in [7, 11) is -3.89. The van der Waals surface area contributed by atoms with Gasteiger partial charge in [-0.2, -0.15) is 0 Å². The first kappa shape index (κ1) is 29.2. The lowest BCUT2D eigenvalue weighted by atomic mass is 10.1. The summed E-state index contributed by atoms with van der Waals surface area (Å²) >= 11 is 18.2. The molecule has 11 heteroatoms. The van der Waals surface area contributed by atoms with Gasteiger partial charge in [0.1, 0.15) is 12.6 Å². The second-order valence-corrected chi connectivity index (χ2v) is 11.8. The van der Waals surface area contributed by atoms with Crippen molar-refractivity contribution in [2.45, 2.75) is 39.8 Å². The molecule has 0 unspecified atom stereocenters. The molecule has 0 aliphatic heterocycles. The Balaban J connectivity index is 2.44. The molecule has 2 amide bonds. The van der Waals surface area contributed by atoms with Crippen LogP contribution in [0.15, 0.2) is 42.5 Å². The first-order chi connectivity index (χ1) is 16.3. The summed E-state index contributed by atoms with van der Waals surface area (Å²) in [6, 6.07) is 10.4. The predicted molar refractivity (Wildman–Crippen MR) is 143 cm³/mol. The molecule has 1 atom stereocenters. The third-order valence-corrected chi connectivity index (χ3v) is 7.11. The number of anilines is 1. The lowest BCUT2D eigenvalue weighted by Gasteiger charge is -2.33. The zero-order valence-corrected chi connectivity index (χ0v) is 23.2. The number of rotatable bonds is 11. The monoisotopic (exact) mass is 561 g/mol. The van der Waals surface area contributed by atoms with Gasteiger partial charge in [0.15, 0.2) is 0 Å². The van der Waals surface area contributed by atoms with Crippen LogP contribution in [0, 0.1) is 5.92 Å². The number of hydrogen-bond donors (Lipinski definition) is 1. The highest BCUT2D eigenvalue weighted by molar-refractivity contribution is 7.92. The van der Waals surface area contributed by atoms with E-state index in [0.29, 0.717) is 23.0 Å². The minimum Gasteiger partial charge on any atom is -0.354 e. The van der Waals surface area contributed by atoms with E-state index in [1.807, 2.05) is 13.8 Å². The van der Waals surface area contributed by atoms with E-state index >= 15 is 0 Å². The molecule has 0 saturated heterocycles. The van der Waals surface area contributed by atoms with E-state index in [1.165, 1.54) is 23.1 Å². The molecule has 7 nitrogen and oxygen atoms in total. The fourth-order valence-corrected chi connectivity index (χ4v) is 4.95. The Morgan fingerprint density at radius 2 is 1.60 bits per heavy atom. The Morgan fingerprint density at radius 1 is 1.00 bits per heavy atom. The Bertz CT molecular complexity index is 1140. The van der Waals surface area contributed by atoms with Crippen molar-refractivity contribution in [3.63, 3.8) is 0 Å². The second kappa shape index (κ2) is 12.8. The lowest BCUT2D eigenvalue weighted by Crippen LogP contribution is -2.52. The average Bonchev–Trinajstić information content (AvgIpc) is 2.76. The molecule has 0 fully saturated rings. The maximum atomic E-state index is 13.6. The highest BCUT2D eigenvalue weighted by Gasteiger charge is 2.32. The first-order valence-corrected chi connectivity index (χ1v) is 14.1. The Kier molecular flexibility index (Phi) is 10.7. The van der Waals surface area contributed by atoms with Gasteiger partial charge in [0.25, 0.3) is 0 Å². The van der Waals surface area contributed by atoms with Gasteiger partial charge in [0.2, 0.25) is 21.8 Å². The third-order valence-electron chi connectivity index (χ3n) is 5.19. The van der Waals surface area contributed by atoms with Crippen molar-refractivity contribution in [3.05, 3.63) is 63.1 Å². The van der Waals surface area contributed by atoms with Gasteiger partial charge in [0.05, 0.1) is 17.0 Å². The van der Waals surface area contributed by atoms with Crippen LogP contribution in [0.5, 0.6) is 0 Å². The highest BCUT2D eigenvalue weighted by atomic mass is 35.5. The number of nitrogens with zero attached hydrogens (tertiary/aromatic N) is 2. The van der Waals surface area contributed by atoms with E-state index in [9.17, 15) is 18.0 Å². The van der Waals surface area contributed by atoms with Crippen molar-refractivity contribution >= 4 is 62.3 Å². The molecule has 0 saturated carbocycles. The molecule has 0 heterocycles. The van der Waals surface area contributed by atoms with Crippen molar-refractivity contribution in [2.75, 3.05) is 23.7 Å². The normalized spacial score (nSPS) is 12.3. The summed E-state index contributed by atoms with van der Waals surface area (Å²) in [5.74, 6) is -0.633. The predicted octanol–water partition coefficient (Wildman–Crippen LogP) is 4.99. The molecule has 0 aliphatic rings. The molecule has 1 N–H and O–H groups in total. The van der Waals surface area contributed by atoms with Gasteiger partial charge >= 0.3 is 0 Å². The van der Waals surface area contributed by atoms with Gasteiger partial charge in [-0.15, -0.1) is 0 Å². The van der Waals surface area contributed by atoms with E-state index < -0.39 is 28.5 Å². The SMILES string of the molecule is CC[C@@H](C(=O)NCC(C)C)N(Cc1ccc(Cl)cc1)C(=O)CN(c1ccc(Cl)cc1Cl)S(C)(=O)=O. The molecule has 0 bridgehead atoms. The molecule has 2 aromatic carbocycles. The Labute approximate surface area is 222 Å². The van der Waals surface area contributed by atoms with E-state index in [-0.39, 0.29) is 29.1 Å². The maximum absolute atomic E-state index is 13.6. The molecule has 0 radical (unpaired) electrons. The van der Waals surface area contributed by atoms with Crippen LogP contribution in [0.2, 0.25) is 15.1 Å². The summed E-state index contributed by atoms with van der Waals surface area (Å²) in [6.07, 6.45) is 1.32. The molecular weight excluding hydrogens is 533 g/mol. The Hall–Kier alpha value is -2.00. The van der Waals surface area contributed by atoms with Crippen LogP contribution in [-0.2, 0) is 26.2 Å². The third kappa shape index (κ3) is 8.56. The van der Waals surface area contributed by atoms with Crippen LogP contribution < -0.4 is 9.62 Å². The van der Waals surface area contributed by atoms with E-state index in [4.69, 9.17) is 34.8 Å². The van der Waals surface area contributed by atoms with Crippen molar-refractivity contribution < 1.29 is 18.0 Å². The minimum atomic E-state index is -3.89. The topological polar surface area (TPSA) is 86.8 Å². The number of hydrogen-bond acceptors (Lipinski definition) is 4. The fraction of sp³-hybridized carbons (Fsp3) is 0.417. The van der Waals surface area contributed by atoms with Crippen molar-refractivity contribution in [1.29, 1.82) is 0 Å². The molecule has 2 aromatic rings. The van der Waals surface area contributed by atoms with Crippen LogP contribution in [0.1, 0.15) is 32.8 Å². The van der Waals surface area contributed by atoms with Gasteiger partial charge < -0.3 is 10.2 Å². The first-order valence-electron chi connectivity index (χ1n) is 11.1. The van der Waals surface area contributed by atoms with Crippen LogP contribution in [0.3, 0.4) is 0 Å². The number of benzene rings is 2. The van der Waals surface area contributed by atoms with Crippen molar-refractivity contribution in [1.82, 2.24) is 10.2 Å². The van der Waals surface area contributed by atoms with Gasteiger partial charge in [-0.05, 0) is 48.2 Å². The van der Waals surface area contributed by atoms with Crippen molar-refractivity contribution in [2.24, 2.45) is 5.92 Å². The minimum absolute atomic E-state index is 0.0849. The highest BCUT2D eigenvalue weighted by Crippen LogP contribution is 2.30. The second-order valence-electron chi connectivity index (χ2n) is 8.58. The Morgan fingerprint density at radius 3 is 2.11 bits per heavy atom. The van der Waals surface area contributed by atoms with Crippen LogP contribution in [0.25, 0.3) is 0 Å². The fourth-order valence-electron chi connectivity index (χ4n) is 3.41. The summed E-state index contributed by atoms with van der Waals surface area (Å²) in [6.45, 7) is 5.74. The number of carbonyl (C=O) groups is 2. The average molecular weight is 563 g/mol. The number of halogens is 3. The van der Waals surface area contributed by atoms with E-state index in [0.717, 1.165) is 16.1 Å². The van der Waals surface area contributed by atoms with Gasteiger partial charge in [-0.3, -0.25) is 13.9 Å².